The number of rotatable bonds is 6. The van der Waals surface area contributed by atoms with Gasteiger partial charge in [-0.15, -0.1) is 0 Å². The van der Waals surface area contributed by atoms with Gasteiger partial charge in [-0.05, 0) is 45.2 Å². The molecule has 1 aromatic rings. The van der Waals surface area contributed by atoms with Crippen molar-refractivity contribution < 1.29 is 0 Å². The first kappa shape index (κ1) is 16.3. The van der Waals surface area contributed by atoms with Crippen LogP contribution in [0.2, 0.25) is 5.02 Å². The van der Waals surface area contributed by atoms with Crippen LogP contribution in [0, 0.1) is 5.92 Å². The maximum Gasteiger partial charge on any atom is 0.287 e. The lowest BCUT2D eigenvalue weighted by Gasteiger charge is -2.31. The largest absolute Gasteiger partial charge is 0.369 e. The van der Waals surface area contributed by atoms with Crippen molar-refractivity contribution in [3.8, 4) is 0 Å². The smallest absolute Gasteiger partial charge is 0.287 e. The van der Waals surface area contributed by atoms with Crippen molar-refractivity contribution in [1.82, 2.24) is 15.1 Å². The van der Waals surface area contributed by atoms with Crippen LogP contribution in [0.5, 0.6) is 0 Å². The van der Waals surface area contributed by atoms with Crippen molar-refractivity contribution in [3.05, 3.63) is 21.6 Å². The maximum absolute atomic E-state index is 12.2. The molecule has 1 N–H and O–H groups in total. The summed E-state index contributed by atoms with van der Waals surface area (Å²) >= 11 is 6.30. The zero-order valence-electron chi connectivity index (χ0n) is 12.9. The molecule has 0 atom stereocenters. The number of anilines is 1. The molecule has 1 aromatic heterocycles. The first-order valence-corrected chi connectivity index (χ1v) is 8.26. The lowest BCUT2D eigenvalue weighted by molar-refractivity contribution is 0.374. The van der Waals surface area contributed by atoms with E-state index in [0.29, 0.717) is 17.5 Å². The molecule has 5 nitrogen and oxygen atoms in total. The third-order valence-electron chi connectivity index (χ3n) is 4.06. The summed E-state index contributed by atoms with van der Waals surface area (Å²) in [6.07, 6.45) is 4.96. The molecule has 0 amide bonds. The summed E-state index contributed by atoms with van der Waals surface area (Å²) in [5, 5.41) is 7.93. The highest BCUT2D eigenvalue weighted by molar-refractivity contribution is 6.33. The van der Waals surface area contributed by atoms with Crippen molar-refractivity contribution in [1.29, 1.82) is 0 Å². The molecule has 2 heterocycles. The first-order chi connectivity index (χ1) is 10.2. The Bertz CT molecular complexity index is 511. The van der Waals surface area contributed by atoms with Gasteiger partial charge in [0.1, 0.15) is 5.02 Å². The van der Waals surface area contributed by atoms with Crippen molar-refractivity contribution >= 4 is 17.3 Å². The van der Waals surface area contributed by atoms with Gasteiger partial charge in [-0.2, -0.15) is 5.10 Å². The maximum atomic E-state index is 12.2. The quantitative estimate of drug-likeness (QED) is 0.874. The summed E-state index contributed by atoms with van der Waals surface area (Å²) < 4.78 is 1.45. The standard InChI is InChI=1S/C15H25ClN4O/c1-3-9-20-15(21)14(16)13(10-18-20)19(4-2)11-12-5-7-17-8-6-12/h10,12,17H,3-9,11H2,1-2H3. The Balaban J connectivity index is 2.17. The molecular formula is C15H25ClN4O. The molecule has 1 saturated heterocycles. The van der Waals surface area contributed by atoms with Gasteiger partial charge in [0, 0.05) is 19.6 Å². The van der Waals surface area contributed by atoms with Crippen LogP contribution in [-0.2, 0) is 6.54 Å². The van der Waals surface area contributed by atoms with E-state index >= 15 is 0 Å². The van der Waals surface area contributed by atoms with Gasteiger partial charge in [0.2, 0.25) is 0 Å². The summed E-state index contributed by atoms with van der Waals surface area (Å²) in [7, 11) is 0. The summed E-state index contributed by atoms with van der Waals surface area (Å²) in [4.78, 5) is 14.4. The minimum Gasteiger partial charge on any atom is -0.369 e. The second-order valence-corrected chi connectivity index (χ2v) is 5.98. The lowest BCUT2D eigenvalue weighted by atomic mass is 9.97. The van der Waals surface area contributed by atoms with Crippen molar-refractivity contribution in [2.24, 2.45) is 5.92 Å². The Morgan fingerprint density at radius 1 is 1.43 bits per heavy atom. The molecule has 6 heteroatoms. The molecule has 0 saturated carbocycles. The van der Waals surface area contributed by atoms with E-state index in [-0.39, 0.29) is 5.56 Å². The van der Waals surface area contributed by atoms with Crippen molar-refractivity contribution in [2.75, 3.05) is 31.1 Å². The van der Waals surface area contributed by atoms with Gasteiger partial charge in [0.05, 0.1) is 11.9 Å². The number of hydrogen-bond donors (Lipinski definition) is 1. The van der Waals surface area contributed by atoms with Gasteiger partial charge in [0.25, 0.3) is 5.56 Å². The van der Waals surface area contributed by atoms with E-state index in [9.17, 15) is 4.79 Å². The van der Waals surface area contributed by atoms with Crippen molar-refractivity contribution in [2.45, 2.75) is 39.7 Å². The van der Waals surface area contributed by atoms with E-state index in [0.717, 1.165) is 38.3 Å². The molecule has 0 radical (unpaired) electrons. The second kappa shape index (κ2) is 7.80. The van der Waals surface area contributed by atoms with E-state index < -0.39 is 0 Å². The molecule has 1 aliphatic heterocycles. The Labute approximate surface area is 131 Å². The number of nitrogens with one attached hydrogen (secondary N) is 1. The van der Waals surface area contributed by atoms with Crippen LogP contribution in [0.25, 0.3) is 0 Å². The van der Waals surface area contributed by atoms with Crippen LogP contribution in [0.1, 0.15) is 33.1 Å². The van der Waals surface area contributed by atoms with Crippen LogP contribution < -0.4 is 15.8 Å². The van der Waals surface area contributed by atoms with Crippen LogP contribution in [0.4, 0.5) is 5.69 Å². The number of aromatic nitrogens is 2. The number of nitrogens with zero attached hydrogens (tertiary/aromatic N) is 3. The Hall–Kier alpha value is -1.07. The molecule has 0 bridgehead atoms. The highest BCUT2D eigenvalue weighted by Gasteiger charge is 2.20. The summed E-state index contributed by atoms with van der Waals surface area (Å²) in [5.41, 5.74) is 0.592. The van der Waals surface area contributed by atoms with Gasteiger partial charge < -0.3 is 10.2 Å². The average Bonchev–Trinajstić information content (AvgIpc) is 2.51. The molecule has 2 rings (SSSR count). The van der Waals surface area contributed by atoms with Crippen LogP contribution in [-0.4, -0.2) is 36.0 Å². The number of hydrogen-bond acceptors (Lipinski definition) is 4. The summed E-state index contributed by atoms with van der Waals surface area (Å²) in [6.45, 7) is 8.65. The fourth-order valence-corrected chi connectivity index (χ4v) is 3.09. The molecule has 118 valence electrons. The monoisotopic (exact) mass is 312 g/mol. The molecule has 21 heavy (non-hydrogen) atoms. The van der Waals surface area contributed by atoms with Crippen LogP contribution in [0.15, 0.2) is 11.0 Å². The Kier molecular flexibility index (Phi) is 6.06. The van der Waals surface area contributed by atoms with E-state index in [2.05, 4.69) is 22.2 Å². The normalized spacial score (nSPS) is 16.1. The Morgan fingerprint density at radius 3 is 2.76 bits per heavy atom. The van der Waals surface area contributed by atoms with E-state index in [1.54, 1.807) is 6.20 Å². The molecular weight excluding hydrogens is 288 g/mol. The molecule has 1 fully saturated rings. The van der Waals surface area contributed by atoms with Crippen LogP contribution >= 0.6 is 11.6 Å². The summed E-state index contributed by atoms with van der Waals surface area (Å²) in [6, 6.07) is 0. The van der Waals surface area contributed by atoms with Gasteiger partial charge in [-0.1, -0.05) is 18.5 Å². The summed E-state index contributed by atoms with van der Waals surface area (Å²) in [5.74, 6) is 0.653. The second-order valence-electron chi connectivity index (χ2n) is 5.60. The van der Waals surface area contributed by atoms with Gasteiger partial charge >= 0.3 is 0 Å². The zero-order valence-corrected chi connectivity index (χ0v) is 13.7. The first-order valence-electron chi connectivity index (χ1n) is 7.88. The Morgan fingerprint density at radius 2 is 2.14 bits per heavy atom. The van der Waals surface area contributed by atoms with Gasteiger partial charge in [-0.25, -0.2) is 4.68 Å². The zero-order chi connectivity index (χ0) is 15.2. The molecule has 0 spiro atoms. The third kappa shape index (κ3) is 3.98. The molecule has 0 aliphatic carbocycles. The lowest BCUT2D eigenvalue weighted by Crippen LogP contribution is -2.37. The topological polar surface area (TPSA) is 50.2 Å². The van der Waals surface area contributed by atoms with Crippen molar-refractivity contribution in [3.63, 3.8) is 0 Å². The highest BCUT2D eigenvalue weighted by Crippen LogP contribution is 2.24. The molecule has 0 aromatic carbocycles. The SMILES string of the molecule is CCCn1ncc(N(CC)CC2CCNCC2)c(Cl)c1=O. The minimum absolute atomic E-state index is 0.181. The number of aryl methyl sites for hydroxylation is 1. The van der Waals surface area contributed by atoms with Crippen LogP contribution in [0.3, 0.4) is 0 Å². The number of piperidine rings is 1. The van der Waals surface area contributed by atoms with Gasteiger partial charge in [-0.3, -0.25) is 4.79 Å². The highest BCUT2D eigenvalue weighted by atomic mass is 35.5. The fourth-order valence-electron chi connectivity index (χ4n) is 2.82. The predicted molar refractivity (Wildman–Crippen MR) is 87.3 cm³/mol. The third-order valence-corrected chi connectivity index (χ3v) is 4.42. The minimum atomic E-state index is -0.181. The predicted octanol–water partition coefficient (Wildman–Crippen LogP) is 2.13. The average molecular weight is 313 g/mol. The molecule has 0 unspecified atom stereocenters. The molecule has 1 aliphatic rings. The fraction of sp³-hybridized carbons (Fsp3) is 0.733. The van der Waals surface area contributed by atoms with E-state index in [1.165, 1.54) is 17.5 Å². The van der Waals surface area contributed by atoms with E-state index in [4.69, 9.17) is 11.6 Å². The van der Waals surface area contributed by atoms with Gasteiger partial charge in [0.15, 0.2) is 0 Å². The number of halogens is 1. The van der Waals surface area contributed by atoms with E-state index in [1.807, 2.05) is 6.92 Å².